The van der Waals surface area contributed by atoms with Gasteiger partial charge in [0.05, 0.1) is 10.5 Å². The van der Waals surface area contributed by atoms with Crippen LogP contribution in [-0.4, -0.2) is 57.5 Å². The molecule has 0 aliphatic carbocycles. The molecule has 0 saturated carbocycles. The number of halogens is 1. The average molecular weight is 564 g/mol. The largest absolute Gasteiger partial charge is 0.478 e. The number of rotatable bonds is 12. The number of carboxylic acids is 1. The second kappa shape index (κ2) is 12.9. The van der Waals surface area contributed by atoms with Crippen molar-refractivity contribution in [2.24, 2.45) is 0 Å². The summed E-state index contributed by atoms with van der Waals surface area (Å²) >= 11 is 5.88. The molecule has 0 saturated heterocycles. The Labute approximate surface area is 223 Å². The molecule has 37 heavy (non-hydrogen) atoms. The molecule has 3 rings (SSSR count). The van der Waals surface area contributed by atoms with Crippen molar-refractivity contribution in [2.45, 2.75) is 30.4 Å². The number of pyridine rings is 1. The summed E-state index contributed by atoms with van der Waals surface area (Å²) in [5.41, 5.74) is 1.48. The van der Waals surface area contributed by atoms with Crippen LogP contribution in [0.3, 0.4) is 0 Å². The van der Waals surface area contributed by atoms with Gasteiger partial charge in [-0.15, -0.1) is 0 Å². The summed E-state index contributed by atoms with van der Waals surface area (Å²) in [7, 11) is -5.36. The van der Waals surface area contributed by atoms with Crippen molar-refractivity contribution in [1.82, 2.24) is 14.6 Å². The average Bonchev–Trinajstić information content (AvgIpc) is 2.87. The number of nitrogens with zero attached hydrogens (tertiary/aromatic N) is 2. The quantitative estimate of drug-likeness (QED) is 0.346. The molecule has 2 N–H and O–H groups in total. The van der Waals surface area contributed by atoms with Crippen LogP contribution in [0.5, 0.6) is 0 Å². The highest BCUT2D eigenvalue weighted by Gasteiger charge is 2.30. The molecular weight excluding hydrogens is 538 g/mol. The molecule has 1 aromatic heterocycles. The molecule has 0 bridgehead atoms. The number of carboxylic acid groups (broad SMARTS) is 1. The van der Waals surface area contributed by atoms with Gasteiger partial charge in [0.2, 0.25) is 15.9 Å². The van der Waals surface area contributed by atoms with Crippen molar-refractivity contribution in [2.75, 3.05) is 12.0 Å². The summed E-state index contributed by atoms with van der Waals surface area (Å²) in [5.74, 6) is -1.48. The molecular formula is C25H26ClN3O6S2. The summed E-state index contributed by atoms with van der Waals surface area (Å²) < 4.78 is 40.4. The molecule has 0 fully saturated rings. The Balaban J connectivity index is 1.92. The van der Waals surface area contributed by atoms with E-state index < -0.39 is 38.7 Å². The fourth-order valence-corrected chi connectivity index (χ4v) is 5.42. The molecule has 0 spiro atoms. The highest BCUT2D eigenvalue weighted by molar-refractivity contribution is 7.89. The Morgan fingerprint density at radius 2 is 1.70 bits per heavy atom. The Morgan fingerprint density at radius 1 is 1.05 bits per heavy atom. The molecule has 2 aromatic carbocycles. The lowest BCUT2D eigenvalue weighted by Crippen LogP contribution is -2.48. The number of aromatic nitrogens is 1. The van der Waals surface area contributed by atoms with Crippen LogP contribution in [0.25, 0.3) is 0 Å². The summed E-state index contributed by atoms with van der Waals surface area (Å²) in [6.45, 7) is 0.212. The first kappa shape index (κ1) is 28.5. The van der Waals surface area contributed by atoms with Crippen molar-refractivity contribution < 1.29 is 27.3 Å². The van der Waals surface area contributed by atoms with E-state index in [1.54, 1.807) is 36.7 Å². The molecule has 196 valence electrons. The van der Waals surface area contributed by atoms with Gasteiger partial charge in [0, 0.05) is 53.3 Å². The minimum absolute atomic E-state index is 0.0102. The van der Waals surface area contributed by atoms with Crippen molar-refractivity contribution in [3.05, 3.63) is 94.8 Å². The summed E-state index contributed by atoms with van der Waals surface area (Å²) in [4.78, 5) is 30.4. The SMILES string of the molecule is CS(=O)CC[C@@H](NS(=O)(=O)c1ccc(Cl)cc1)C(=O)N(Cc1ccc(C(=O)O)cc1)Cc1cccnc1. The number of nitrogens with one attached hydrogen (secondary N) is 1. The first-order chi connectivity index (χ1) is 17.5. The molecule has 1 unspecified atom stereocenters. The van der Waals surface area contributed by atoms with Crippen molar-refractivity contribution in [1.29, 1.82) is 0 Å². The second-order valence-electron chi connectivity index (χ2n) is 8.25. The molecule has 3 aromatic rings. The number of benzene rings is 2. The predicted octanol–water partition coefficient (Wildman–Crippen LogP) is 3.08. The zero-order chi connectivity index (χ0) is 27.0. The van der Waals surface area contributed by atoms with Crippen molar-refractivity contribution in [3.63, 3.8) is 0 Å². The normalized spacial score (nSPS) is 13.0. The summed E-state index contributed by atoms with van der Waals surface area (Å²) in [6.07, 6.45) is 4.69. The van der Waals surface area contributed by atoms with Gasteiger partial charge in [-0.05, 0) is 60.0 Å². The molecule has 1 heterocycles. The standard InChI is InChI=1S/C25H26ClN3O6S2/c1-36(33)14-12-23(28-37(34,35)22-10-8-21(26)9-11-22)24(30)29(17-19-3-2-13-27-15-19)16-18-4-6-20(7-5-18)25(31)32/h2-11,13,15,23,28H,12,14,16-17H2,1H3,(H,31,32)/t23-,36?/m1/s1. The van der Waals surface area contributed by atoms with Gasteiger partial charge in [0.25, 0.3) is 0 Å². The number of amides is 1. The van der Waals surface area contributed by atoms with Gasteiger partial charge in [0.1, 0.15) is 6.04 Å². The van der Waals surface area contributed by atoms with E-state index in [1.807, 2.05) is 0 Å². The first-order valence-electron chi connectivity index (χ1n) is 11.1. The van der Waals surface area contributed by atoms with Crippen LogP contribution >= 0.6 is 11.6 Å². The van der Waals surface area contributed by atoms with Crippen LogP contribution in [0.15, 0.2) is 78.0 Å². The van der Waals surface area contributed by atoms with Gasteiger partial charge >= 0.3 is 5.97 Å². The van der Waals surface area contributed by atoms with Gasteiger partial charge < -0.3 is 10.0 Å². The third kappa shape index (κ3) is 8.46. The van der Waals surface area contributed by atoms with E-state index in [9.17, 15) is 22.2 Å². The van der Waals surface area contributed by atoms with E-state index in [-0.39, 0.29) is 35.7 Å². The maximum atomic E-state index is 13.8. The van der Waals surface area contributed by atoms with E-state index in [0.717, 1.165) is 5.56 Å². The van der Waals surface area contributed by atoms with Crippen LogP contribution < -0.4 is 4.72 Å². The lowest BCUT2D eigenvalue weighted by Gasteiger charge is -2.28. The number of aromatic carboxylic acids is 1. The van der Waals surface area contributed by atoms with Crippen molar-refractivity contribution in [3.8, 4) is 0 Å². The predicted molar refractivity (Wildman–Crippen MR) is 141 cm³/mol. The maximum Gasteiger partial charge on any atom is 0.335 e. The fraction of sp³-hybridized carbons (Fsp3) is 0.240. The number of hydrogen-bond donors (Lipinski definition) is 2. The zero-order valence-corrected chi connectivity index (χ0v) is 22.3. The van der Waals surface area contributed by atoms with Crippen LogP contribution in [0.1, 0.15) is 27.9 Å². The lowest BCUT2D eigenvalue weighted by molar-refractivity contribution is -0.134. The molecule has 9 nitrogen and oxygen atoms in total. The molecule has 0 radical (unpaired) electrons. The minimum Gasteiger partial charge on any atom is -0.478 e. The number of carbonyl (C=O) groups is 2. The van der Waals surface area contributed by atoms with Gasteiger partial charge in [-0.2, -0.15) is 4.72 Å². The highest BCUT2D eigenvalue weighted by Crippen LogP contribution is 2.18. The van der Waals surface area contributed by atoms with E-state index in [2.05, 4.69) is 9.71 Å². The molecule has 0 aliphatic heterocycles. The Morgan fingerprint density at radius 3 is 2.27 bits per heavy atom. The maximum absolute atomic E-state index is 13.8. The van der Waals surface area contributed by atoms with Gasteiger partial charge in [-0.1, -0.05) is 29.8 Å². The van der Waals surface area contributed by atoms with E-state index in [4.69, 9.17) is 16.7 Å². The van der Waals surface area contributed by atoms with Crippen LogP contribution in [0.2, 0.25) is 5.02 Å². The number of sulfonamides is 1. The number of hydrogen-bond acceptors (Lipinski definition) is 6. The van der Waals surface area contributed by atoms with Crippen molar-refractivity contribution >= 4 is 44.3 Å². The first-order valence-corrected chi connectivity index (χ1v) is 14.7. The molecule has 0 aliphatic rings. The van der Waals surface area contributed by atoms with Crippen LogP contribution in [0, 0.1) is 0 Å². The molecule has 12 heteroatoms. The number of carbonyl (C=O) groups excluding carboxylic acids is 1. The zero-order valence-electron chi connectivity index (χ0n) is 19.9. The summed E-state index contributed by atoms with van der Waals surface area (Å²) in [6, 6.07) is 13.9. The van der Waals surface area contributed by atoms with E-state index >= 15 is 0 Å². The third-order valence-electron chi connectivity index (χ3n) is 5.40. The Hall–Kier alpha value is -3.12. The van der Waals surface area contributed by atoms with E-state index in [0.29, 0.717) is 10.6 Å². The Kier molecular flexibility index (Phi) is 9.93. The van der Waals surface area contributed by atoms with E-state index in [1.165, 1.54) is 47.6 Å². The molecule has 2 atom stereocenters. The van der Waals surface area contributed by atoms with Crippen LogP contribution in [0.4, 0.5) is 0 Å². The van der Waals surface area contributed by atoms with Gasteiger partial charge in [0.15, 0.2) is 0 Å². The highest BCUT2D eigenvalue weighted by atomic mass is 35.5. The minimum atomic E-state index is -4.10. The second-order valence-corrected chi connectivity index (χ2v) is 12.0. The van der Waals surface area contributed by atoms with Gasteiger partial charge in [-0.25, -0.2) is 13.2 Å². The summed E-state index contributed by atoms with van der Waals surface area (Å²) in [5, 5.41) is 9.53. The van der Waals surface area contributed by atoms with Gasteiger partial charge in [-0.3, -0.25) is 14.0 Å². The lowest BCUT2D eigenvalue weighted by atomic mass is 10.1. The smallest absolute Gasteiger partial charge is 0.335 e. The monoisotopic (exact) mass is 563 g/mol. The fourth-order valence-electron chi connectivity index (χ4n) is 3.50. The molecule has 1 amide bonds. The third-order valence-corrected chi connectivity index (χ3v) is 7.95. The Bertz CT molecular complexity index is 1350. The topological polar surface area (TPSA) is 134 Å². The van der Waals surface area contributed by atoms with Crippen LogP contribution in [-0.2, 0) is 38.7 Å².